The highest BCUT2D eigenvalue weighted by molar-refractivity contribution is 5.67. The molecule has 0 rings (SSSR count). The van der Waals surface area contributed by atoms with Crippen molar-refractivity contribution in [3.8, 4) is 0 Å². The molecule has 96 valence electrons. The standard InChI is InChI=1S/C12H25NO3/c1-7-9(2)12(6,15)8-13-10(14)16-11(3,4)5/h9,15H,7-8H2,1-6H3,(H,13,14). The van der Waals surface area contributed by atoms with Crippen molar-refractivity contribution in [2.45, 2.75) is 59.2 Å². The molecule has 2 N–H and O–H groups in total. The lowest BCUT2D eigenvalue weighted by Gasteiger charge is -2.30. The van der Waals surface area contributed by atoms with E-state index in [1.807, 2.05) is 13.8 Å². The molecule has 2 atom stereocenters. The molecule has 1 amide bonds. The Labute approximate surface area is 98.4 Å². The molecule has 0 radical (unpaired) electrons. The van der Waals surface area contributed by atoms with Crippen molar-refractivity contribution in [3.05, 3.63) is 0 Å². The molecule has 0 aromatic carbocycles. The molecule has 0 aromatic rings. The van der Waals surface area contributed by atoms with Gasteiger partial charge < -0.3 is 15.2 Å². The second-order valence-corrected chi connectivity index (χ2v) is 5.52. The van der Waals surface area contributed by atoms with Gasteiger partial charge in [-0.25, -0.2) is 4.79 Å². The molecule has 0 saturated carbocycles. The first-order chi connectivity index (χ1) is 7.08. The molecule has 0 aliphatic heterocycles. The normalized spacial score (nSPS) is 17.4. The Morgan fingerprint density at radius 2 is 1.88 bits per heavy atom. The van der Waals surface area contributed by atoms with E-state index < -0.39 is 17.3 Å². The molecular formula is C12H25NO3. The molecule has 0 fully saturated rings. The summed E-state index contributed by atoms with van der Waals surface area (Å²) >= 11 is 0. The fraction of sp³-hybridized carbons (Fsp3) is 0.917. The van der Waals surface area contributed by atoms with E-state index in [1.165, 1.54) is 0 Å². The van der Waals surface area contributed by atoms with Crippen LogP contribution in [0.2, 0.25) is 0 Å². The minimum atomic E-state index is -0.897. The number of carbonyl (C=O) groups is 1. The third kappa shape index (κ3) is 5.95. The lowest BCUT2D eigenvalue weighted by molar-refractivity contribution is -0.000889. The van der Waals surface area contributed by atoms with E-state index in [-0.39, 0.29) is 12.5 Å². The van der Waals surface area contributed by atoms with E-state index in [0.717, 1.165) is 6.42 Å². The monoisotopic (exact) mass is 231 g/mol. The van der Waals surface area contributed by atoms with Crippen LogP contribution in [0.1, 0.15) is 48.0 Å². The smallest absolute Gasteiger partial charge is 0.407 e. The Kier molecular flexibility index (Phi) is 5.26. The van der Waals surface area contributed by atoms with E-state index >= 15 is 0 Å². The number of aliphatic hydroxyl groups is 1. The van der Waals surface area contributed by atoms with Crippen molar-refractivity contribution in [1.82, 2.24) is 5.32 Å². The minimum Gasteiger partial charge on any atom is -0.444 e. The summed E-state index contributed by atoms with van der Waals surface area (Å²) in [7, 11) is 0. The van der Waals surface area contributed by atoms with Crippen LogP contribution in [0.5, 0.6) is 0 Å². The first kappa shape index (κ1) is 15.2. The number of hydrogen-bond donors (Lipinski definition) is 2. The van der Waals surface area contributed by atoms with Crippen LogP contribution in [0, 0.1) is 5.92 Å². The minimum absolute atomic E-state index is 0.127. The molecule has 0 heterocycles. The Morgan fingerprint density at radius 1 is 1.38 bits per heavy atom. The topological polar surface area (TPSA) is 58.6 Å². The molecule has 0 aromatic heterocycles. The highest BCUT2D eigenvalue weighted by Gasteiger charge is 2.28. The van der Waals surface area contributed by atoms with E-state index in [2.05, 4.69) is 5.32 Å². The van der Waals surface area contributed by atoms with Crippen molar-refractivity contribution in [1.29, 1.82) is 0 Å². The van der Waals surface area contributed by atoms with Crippen LogP contribution in [-0.4, -0.2) is 28.9 Å². The molecule has 4 heteroatoms. The summed E-state index contributed by atoms with van der Waals surface area (Å²) < 4.78 is 5.09. The van der Waals surface area contributed by atoms with Gasteiger partial charge in [-0.2, -0.15) is 0 Å². The average molecular weight is 231 g/mol. The van der Waals surface area contributed by atoms with E-state index in [4.69, 9.17) is 4.74 Å². The second kappa shape index (κ2) is 5.53. The van der Waals surface area contributed by atoms with Gasteiger partial charge >= 0.3 is 6.09 Å². The predicted molar refractivity (Wildman–Crippen MR) is 64.3 cm³/mol. The second-order valence-electron chi connectivity index (χ2n) is 5.52. The van der Waals surface area contributed by atoms with Crippen molar-refractivity contribution >= 4 is 6.09 Å². The SMILES string of the molecule is CCC(C)C(C)(O)CNC(=O)OC(C)(C)C. The zero-order valence-corrected chi connectivity index (χ0v) is 11.3. The van der Waals surface area contributed by atoms with Crippen LogP contribution >= 0.6 is 0 Å². The van der Waals surface area contributed by atoms with Gasteiger partial charge in [0.2, 0.25) is 0 Å². The molecule has 0 spiro atoms. The molecule has 0 saturated heterocycles. The quantitative estimate of drug-likeness (QED) is 0.780. The summed E-state index contributed by atoms with van der Waals surface area (Å²) in [6.45, 7) is 11.3. The van der Waals surface area contributed by atoms with Crippen molar-refractivity contribution in [2.75, 3.05) is 6.54 Å². The highest BCUT2D eigenvalue weighted by Crippen LogP contribution is 2.19. The summed E-state index contributed by atoms with van der Waals surface area (Å²) in [5, 5.41) is 12.6. The fourth-order valence-corrected chi connectivity index (χ4v) is 1.18. The lowest BCUT2D eigenvalue weighted by Crippen LogP contribution is -2.46. The fourth-order valence-electron chi connectivity index (χ4n) is 1.18. The summed E-state index contributed by atoms with van der Waals surface area (Å²) in [6, 6.07) is 0. The van der Waals surface area contributed by atoms with Crippen molar-refractivity contribution in [2.24, 2.45) is 5.92 Å². The molecule has 4 nitrogen and oxygen atoms in total. The summed E-state index contributed by atoms with van der Waals surface area (Å²) in [4.78, 5) is 11.4. The highest BCUT2D eigenvalue weighted by atomic mass is 16.6. The van der Waals surface area contributed by atoms with Gasteiger partial charge in [0.25, 0.3) is 0 Å². The van der Waals surface area contributed by atoms with Crippen molar-refractivity contribution in [3.63, 3.8) is 0 Å². The van der Waals surface area contributed by atoms with Crippen LogP contribution in [0.25, 0.3) is 0 Å². The van der Waals surface area contributed by atoms with Gasteiger partial charge in [0.15, 0.2) is 0 Å². The van der Waals surface area contributed by atoms with Crippen LogP contribution in [0.15, 0.2) is 0 Å². The van der Waals surface area contributed by atoms with Gasteiger partial charge in [-0.1, -0.05) is 20.3 Å². The zero-order valence-electron chi connectivity index (χ0n) is 11.3. The van der Waals surface area contributed by atoms with E-state index in [1.54, 1.807) is 27.7 Å². The largest absolute Gasteiger partial charge is 0.444 e. The molecular weight excluding hydrogens is 206 g/mol. The third-order valence-corrected chi connectivity index (χ3v) is 2.66. The maximum atomic E-state index is 11.4. The van der Waals surface area contributed by atoms with E-state index in [9.17, 15) is 9.90 Å². The lowest BCUT2D eigenvalue weighted by atomic mass is 9.89. The molecule has 2 unspecified atom stereocenters. The van der Waals surface area contributed by atoms with Gasteiger partial charge in [-0.3, -0.25) is 0 Å². The van der Waals surface area contributed by atoms with Gasteiger partial charge in [0.05, 0.1) is 5.60 Å². The van der Waals surface area contributed by atoms with Crippen LogP contribution < -0.4 is 5.32 Å². The van der Waals surface area contributed by atoms with Crippen molar-refractivity contribution < 1.29 is 14.6 Å². The number of ether oxygens (including phenoxy) is 1. The summed E-state index contributed by atoms with van der Waals surface area (Å²) in [5.41, 5.74) is -1.40. The van der Waals surface area contributed by atoms with Crippen LogP contribution in [-0.2, 0) is 4.74 Å². The van der Waals surface area contributed by atoms with Crippen LogP contribution in [0.4, 0.5) is 4.79 Å². The van der Waals surface area contributed by atoms with Crippen LogP contribution in [0.3, 0.4) is 0 Å². The number of rotatable bonds is 4. The molecule has 0 aliphatic carbocycles. The Bertz CT molecular complexity index is 231. The maximum absolute atomic E-state index is 11.4. The van der Waals surface area contributed by atoms with Gasteiger partial charge in [-0.15, -0.1) is 0 Å². The summed E-state index contributed by atoms with van der Waals surface area (Å²) in [5.74, 6) is 0.127. The van der Waals surface area contributed by atoms with Gasteiger partial charge in [0.1, 0.15) is 5.60 Å². The Hall–Kier alpha value is -0.770. The summed E-state index contributed by atoms with van der Waals surface area (Å²) in [6.07, 6.45) is 0.374. The average Bonchev–Trinajstić information content (AvgIpc) is 2.11. The number of hydrogen-bond acceptors (Lipinski definition) is 3. The Balaban J connectivity index is 4.10. The Morgan fingerprint density at radius 3 is 2.25 bits per heavy atom. The zero-order chi connectivity index (χ0) is 13.0. The number of amides is 1. The molecule has 0 aliphatic rings. The first-order valence-electron chi connectivity index (χ1n) is 5.77. The third-order valence-electron chi connectivity index (χ3n) is 2.66. The first-order valence-corrected chi connectivity index (χ1v) is 5.77. The molecule has 16 heavy (non-hydrogen) atoms. The number of carbonyl (C=O) groups excluding carboxylic acids is 1. The molecule has 0 bridgehead atoms. The predicted octanol–water partition coefficient (Wildman–Crippen LogP) is 2.31. The number of nitrogens with one attached hydrogen (secondary N) is 1. The van der Waals surface area contributed by atoms with E-state index in [0.29, 0.717) is 0 Å². The van der Waals surface area contributed by atoms with Gasteiger partial charge in [0, 0.05) is 6.54 Å². The maximum Gasteiger partial charge on any atom is 0.407 e. The number of alkyl carbamates (subject to hydrolysis) is 1. The van der Waals surface area contributed by atoms with Gasteiger partial charge in [-0.05, 0) is 33.6 Å².